The fourth-order valence-corrected chi connectivity index (χ4v) is 2.06. The van der Waals surface area contributed by atoms with E-state index in [1.807, 2.05) is 18.2 Å². The molecule has 0 aliphatic rings. The average Bonchev–Trinajstić information content (AvgIpc) is 2.72. The van der Waals surface area contributed by atoms with Crippen molar-refractivity contribution in [3.63, 3.8) is 0 Å². The minimum atomic E-state index is 0.484. The third-order valence-corrected chi connectivity index (χ3v) is 3.07. The molecule has 0 aliphatic carbocycles. The molecule has 1 aromatic carbocycles. The van der Waals surface area contributed by atoms with Crippen molar-refractivity contribution >= 4 is 16.8 Å². The minimum Gasteiger partial charge on any atom is -0.439 e. The number of oxazole rings is 1. The molecule has 2 rings (SSSR count). The summed E-state index contributed by atoms with van der Waals surface area (Å²) in [6.45, 7) is 8.34. The number of fused-ring (bicyclic) bond motifs is 1. The maximum atomic E-state index is 5.88. The highest BCUT2D eigenvalue weighted by molar-refractivity contribution is 5.85. The van der Waals surface area contributed by atoms with E-state index in [1.54, 1.807) is 0 Å². The molecule has 0 amide bonds. The zero-order valence-corrected chi connectivity index (χ0v) is 11.3. The number of anilines is 1. The SMILES string of the molecule is CCCN(Cc1nc2c(N)cccc2o1)C(C)C. The van der Waals surface area contributed by atoms with Gasteiger partial charge in [-0.1, -0.05) is 13.0 Å². The fraction of sp³-hybridized carbons (Fsp3) is 0.500. The van der Waals surface area contributed by atoms with Crippen LogP contribution in [-0.2, 0) is 6.54 Å². The van der Waals surface area contributed by atoms with Crippen LogP contribution in [0.5, 0.6) is 0 Å². The third kappa shape index (κ3) is 2.64. The van der Waals surface area contributed by atoms with Crippen molar-refractivity contribution < 1.29 is 4.42 Å². The summed E-state index contributed by atoms with van der Waals surface area (Å²) in [5, 5.41) is 0. The molecule has 0 saturated carbocycles. The molecule has 18 heavy (non-hydrogen) atoms. The van der Waals surface area contributed by atoms with Crippen LogP contribution >= 0.6 is 0 Å². The standard InChI is InChI=1S/C14H21N3O/c1-4-8-17(10(2)3)9-13-16-14-11(15)6-5-7-12(14)18-13/h5-7,10H,4,8-9,15H2,1-3H3. The zero-order chi connectivity index (χ0) is 13.1. The second-order valence-corrected chi connectivity index (χ2v) is 4.87. The molecule has 0 saturated heterocycles. The Balaban J connectivity index is 2.23. The lowest BCUT2D eigenvalue weighted by Crippen LogP contribution is -2.31. The van der Waals surface area contributed by atoms with Crippen molar-refractivity contribution in [1.29, 1.82) is 0 Å². The first-order chi connectivity index (χ1) is 8.61. The smallest absolute Gasteiger partial charge is 0.209 e. The number of benzene rings is 1. The summed E-state index contributed by atoms with van der Waals surface area (Å²) in [6.07, 6.45) is 1.13. The van der Waals surface area contributed by atoms with Gasteiger partial charge >= 0.3 is 0 Å². The Hall–Kier alpha value is -1.55. The van der Waals surface area contributed by atoms with Crippen LogP contribution < -0.4 is 5.73 Å². The van der Waals surface area contributed by atoms with E-state index in [-0.39, 0.29) is 0 Å². The van der Waals surface area contributed by atoms with Crippen LogP contribution in [0.3, 0.4) is 0 Å². The van der Waals surface area contributed by atoms with Gasteiger partial charge in [0.25, 0.3) is 0 Å². The second kappa shape index (κ2) is 5.40. The normalized spacial score (nSPS) is 11.8. The largest absolute Gasteiger partial charge is 0.439 e. The van der Waals surface area contributed by atoms with Gasteiger partial charge < -0.3 is 10.2 Å². The summed E-state index contributed by atoms with van der Waals surface area (Å²) in [4.78, 5) is 6.83. The molecular weight excluding hydrogens is 226 g/mol. The van der Waals surface area contributed by atoms with Crippen molar-refractivity contribution in [2.75, 3.05) is 12.3 Å². The summed E-state index contributed by atoms with van der Waals surface area (Å²) in [6, 6.07) is 6.12. The molecule has 0 unspecified atom stereocenters. The Morgan fingerprint density at radius 2 is 2.17 bits per heavy atom. The van der Waals surface area contributed by atoms with E-state index in [9.17, 15) is 0 Å². The van der Waals surface area contributed by atoms with Crippen LogP contribution in [0.25, 0.3) is 11.1 Å². The van der Waals surface area contributed by atoms with E-state index < -0.39 is 0 Å². The van der Waals surface area contributed by atoms with Gasteiger partial charge in [0, 0.05) is 6.04 Å². The molecule has 0 fully saturated rings. The molecule has 0 aliphatic heterocycles. The number of para-hydroxylation sites is 1. The molecule has 0 spiro atoms. The number of nitrogens with zero attached hydrogens (tertiary/aromatic N) is 2. The highest BCUT2D eigenvalue weighted by Gasteiger charge is 2.14. The van der Waals surface area contributed by atoms with Crippen LogP contribution in [-0.4, -0.2) is 22.5 Å². The summed E-state index contributed by atoms with van der Waals surface area (Å²) < 4.78 is 5.74. The van der Waals surface area contributed by atoms with Gasteiger partial charge in [-0.15, -0.1) is 0 Å². The maximum Gasteiger partial charge on any atom is 0.209 e. The molecule has 4 nitrogen and oxygen atoms in total. The summed E-state index contributed by atoms with van der Waals surface area (Å²) >= 11 is 0. The highest BCUT2D eigenvalue weighted by atomic mass is 16.3. The molecule has 0 radical (unpaired) electrons. The summed E-state index contributed by atoms with van der Waals surface area (Å²) in [5.74, 6) is 0.741. The molecular formula is C14H21N3O. The first-order valence-corrected chi connectivity index (χ1v) is 6.49. The monoisotopic (exact) mass is 247 g/mol. The van der Waals surface area contributed by atoms with E-state index in [0.29, 0.717) is 11.7 Å². The van der Waals surface area contributed by atoms with Gasteiger partial charge in [-0.05, 0) is 38.9 Å². The number of nitrogen functional groups attached to an aromatic ring is 1. The van der Waals surface area contributed by atoms with Gasteiger partial charge in [-0.25, -0.2) is 4.98 Å². The Morgan fingerprint density at radius 3 is 2.78 bits per heavy atom. The van der Waals surface area contributed by atoms with Crippen molar-refractivity contribution in [2.24, 2.45) is 0 Å². The average molecular weight is 247 g/mol. The second-order valence-electron chi connectivity index (χ2n) is 4.87. The predicted molar refractivity (Wildman–Crippen MR) is 74.3 cm³/mol. The molecule has 2 N–H and O–H groups in total. The number of nitrogens with two attached hydrogens (primary N) is 1. The Bertz CT molecular complexity index is 519. The third-order valence-electron chi connectivity index (χ3n) is 3.07. The summed E-state index contributed by atoms with van der Waals surface area (Å²) in [5.41, 5.74) is 8.10. The number of rotatable bonds is 5. The van der Waals surface area contributed by atoms with Gasteiger partial charge in [-0.2, -0.15) is 0 Å². The van der Waals surface area contributed by atoms with E-state index in [0.717, 1.165) is 36.5 Å². The van der Waals surface area contributed by atoms with Crippen LogP contribution in [0.15, 0.2) is 22.6 Å². The van der Waals surface area contributed by atoms with Crippen LogP contribution in [0.1, 0.15) is 33.1 Å². The van der Waals surface area contributed by atoms with Crippen molar-refractivity contribution in [1.82, 2.24) is 9.88 Å². The van der Waals surface area contributed by atoms with Crippen LogP contribution in [0.2, 0.25) is 0 Å². The van der Waals surface area contributed by atoms with Crippen LogP contribution in [0.4, 0.5) is 5.69 Å². The summed E-state index contributed by atoms with van der Waals surface area (Å²) in [7, 11) is 0. The van der Waals surface area contributed by atoms with Gasteiger partial charge in [0.15, 0.2) is 5.58 Å². The van der Waals surface area contributed by atoms with E-state index >= 15 is 0 Å². The Labute approximate surface area is 108 Å². The molecule has 1 heterocycles. The van der Waals surface area contributed by atoms with E-state index in [2.05, 4.69) is 30.7 Å². The van der Waals surface area contributed by atoms with Gasteiger partial charge in [0.05, 0.1) is 12.2 Å². The predicted octanol–water partition coefficient (Wildman–Crippen LogP) is 3.03. The fourth-order valence-electron chi connectivity index (χ4n) is 2.06. The lowest BCUT2D eigenvalue weighted by Gasteiger charge is -2.24. The van der Waals surface area contributed by atoms with Crippen molar-refractivity contribution in [3.8, 4) is 0 Å². The van der Waals surface area contributed by atoms with Gasteiger partial charge in [0.2, 0.25) is 5.89 Å². The lowest BCUT2D eigenvalue weighted by molar-refractivity contribution is 0.195. The molecule has 0 atom stereocenters. The Kier molecular flexibility index (Phi) is 3.87. The van der Waals surface area contributed by atoms with Crippen molar-refractivity contribution in [3.05, 3.63) is 24.1 Å². The zero-order valence-electron chi connectivity index (χ0n) is 11.3. The Morgan fingerprint density at radius 1 is 1.39 bits per heavy atom. The first-order valence-electron chi connectivity index (χ1n) is 6.49. The van der Waals surface area contributed by atoms with Crippen LogP contribution in [0, 0.1) is 0 Å². The molecule has 0 bridgehead atoms. The topological polar surface area (TPSA) is 55.3 Å². The van der Waals surface area contributed by atoms with Gasteiger partial charge in [0.1, 0.15) is 5.52 Å². The maximum absolute atomic E-state index is 5.88. The quantitative estimate of drug-likeness (QED) is 0.825. The number of hydrogen-bond donors (Lipinski definition) is 1. The van der Waals surface area contributed by atoms with E-state index in [4.69, 9.17) is 10.2 Å². The van der Waals surface area contributed by atoms with Crippen molar-refractivity contribution in [2.45, 2.75) is 39.8 Å². The number of aromatic nitrogens is 1. The lowest BCUT2D eigenvalue weighted by atomic mass is 10.3. The minimum absolute atomic E-state index is 0.484. The molecule has 4 heteroatoms. The van der Waals surface area contributed by atoms with E-state index in [1.165, 1.54) is 0 Å². The molecule has 98 valence electrons. The molecule has 1 aromatic heterocycles. The molecule has 2 aromatic rings. The van der Waals surface area contributed by atoms with Gasteiger partial charge in [-0.3, -0.25) is 4.90 Å². The highest BCUT2D eigenvalue weighted by Crippen LogP contribution is 2.22. The first kappa shape index (κ1) is 12.9. The number of hydrogen-bond acceptors (Lipinski definition) is 4.